The zero-order valence-electron chi connectivity index (χ0n) is 15.6. The van der Waals surface area contributed by atoms with Crippen LogP contribution in [0.5, 0.6) is 5.75 Å². The van der Waals surface area contributed by atoms with E-state index in [1.165, 1.54) is 12.1 Å². The number of hydrogen-bond donors (Lipinski definition) is 0. The van der Waals surface area contributed by atoms with Crippen LogP contribution >= 0.6 is 0 Å². The van der Waals surface area contributed by atoms with Gasteiger partial charge in [0.1, 0.15) is 5.75 Å². The molecule has 29 heavy (non-hydrogen) atoms. The number of esters is 1. The van der Waals surface area contributed by atoms with Crippen molar-refractivity contribution in [3.63, 3.8) is 0 Å². The van der Waals surface area contributed by atoms with Gasteiger partial charge in [-0.1, -0.05) is 36.4 Å². The van der Waals surface area contributed by atoms with Gasteiger partial charge in [-0.2, -0.15) is 13.2 Å². The molecular formula is C23H18F3NO2. The maximum atomic E-state index is 12.8. The lowest BCUT2D eigenvalue weighted by atomic mass is 10.0. The van der Waals surface area contributed by atoms with Crippen LogP contribution in [0.1, 0.15) is 29.2 Å². The third kappa shape index (κ3) is 5.78. The average Bonchev–Trinajstić information content (AvgIpc) is 2.70. The zero-order valence-corrected chi connectivity index (χ0v) is 15.6. The highest BCUT2D eigenvalue weighted by molar-refractivity contribution is 5.94. The molecule has 0 spiro atoms. The molecule has 3 aromatic rings. The molecule has 1 heterocycles. The number of rotatable bonds is 5. The van der Waals surface area contributed by atoms with Gasteiger partial charge < -0.3 is 4.74 Å². The van der Waals surface area contributed by atoms with Crippen LogP contribution in [0.4, 0.5) is 13.2 Å². The molecule has 3 nitrogen and oxygen atoms in total. The molecule has 0 saturated carbocycles. The lowest BCUT2D eigenvalue weighted by Gasteiger charge is -2.09. The fraction of sp³-hybridized carbons (Fsp3) is 0.130. The topological polar surface area (TPSA) is 39.2 Å². The van der Waals surface area contributed by atoms with Gasteiger partial charge in [0.25, 0.3) is 0 Å². The van der Waals surface area contributed by atoms with E-state index in [0.29, 0.717) is 0 Å². The number of pyridine rings is 1. The van der Waals surface area contributed by atoms with Crippen LogP contribution in [-0.4, -0.2) is 11.0 Å². The normalized spacial score (nSPS) is 11.9. The minimum atomic E-state index is -4.50. The lowest BCUT2D eigenvalue weighted by Crippen LogP contribution is -2.10. The van der Waals surface area contributed by atoms with Gasteiger partial charge in [-0.25, -0.2) is 4.79 Å². The molecule has 0 unspecified atom stereocenters. The van der Waals surface area contributed by atoms with E-state index in [2.05, 4.69) is 4.98 Å². The molecule has 0 N–H and O–H groups in total. The molecule has 0 fully saturated rings. The van der Waals surface area contributed by atoms with Crippen molar-refractivity contribution in [2.75, 3.05) is 0 Å². The first kappa shape index (κ1) is 20.3. The maximum absolute atomic E-state index is 12.8. The Hall–Kier alpha value is -3.41. The molecule has 0 aliphatic heterocycles. The Morgan fingerprint density at radius 2 is 1.79 bits per heavy atom. The highest BCUT2D eigenvalue weighted by atomic mass is 19.4. The van der Waals surface area contributed by atoms with E-state index in [-0.39, 0.29) is 11.3 Å². The summed E-state index contributed by atoms with van der Waals surface area (Å²) in [6.07, 6.45) is 1.41. The SMILES string of the molecule is C/C(=C\c1ccc(Cc2cccnc2)cc1)C(=O)Oc1cccc(C(F)(F)F)c1. The number of nitrogens with zero attached hydrogens (tertiary/aromatic N) is 1. The molecule has 148 valence electrons. The molecule has 0 radical (unpaired) electrons. The van der Waals surface area contributed by atoms with Crippen molar-refractivity contribution in [2.45, 2.75) is 19.5 Å². The summed E-state index contributed by atoms with van der Waals surface area (Å²) in [5.41, 5.74) is 2.39. The summed E-state index contributed by atoms with van der Waals surface area (Å²) in [5, 5.41) is 0. The number of aromatic nitrogens is 1. The van der Waals surface area contributed by atoms with E-state index < -0.39 is 17.7 Å². The molecule has 6 heteroatoms. The van der Waals surface area contributed by atoms with Crippen molar-refractivity contribution in [3.8, 4) is 5.75 Å². The second-order valence-corrected chi connectivity index (χ2v) is 6.52. The first-order valence-corrected chi connectivity index (χ1v) is 8.87. The zero-order chi connectivity index (χ0) is 20.9. The van der Waals surface area contributed by atoms with E-state index in [4.69, 9.17) is 4.74 Å². The number of carbonyl (C=O) groups is 1. The summed E-state index contributed by atoms with van der Waals surface area (Å²) >= 11 is 0. The van der Waals surface area contributed by atoms with Crippen LogP contribution in [0.15, 0.2) is 78.6 Å². The molecule has 0 saturated heterocycles. The van der Waals surface area contributed by atoms with Crippen LogP contribution in [0, 0.1) is 0 Å². The van der Waals surface area contributed by atoms with Crippen LogP contribution in [0.25, 0.3) is 6.08 Å². The van der Waals surface area contributed by atoms with Gasteiger partial charge >= 0.3 is 12.1 Å². The molecule has 0 amide bonds. The Bertz CT molecular complexity index is 1010. The number of ether oxygens (including phenoxy) is 1. The Kier molecular flexibility index (Phi) is 6.12. The maximum Gasteiger partial charge on any atom is 0.416 e. The first-order valence-electron chi connectivity index (χ1n) is 8.87. The van der Waals surface area contributed by atoms with E-state index >= 15 is 0 Å². The predicted octanol–water partition coefficient (Wildman–Crippen LogP) is 5.70. The molecule has 1 aromatic heterocycles. The minimum absolute atomic E-state index is 0.149. The van der Waals surface area contributed by atoms with Gasteiger partial charge in [-0.15, -0.1) is 0 Å². The smallest absolute Gasteiger partial charge is 0.416 e. The van der Waals surface area contributed by atoms with Crippen molar-refractivity contribution < 1.29 is 22.7 Å². The quantitative estimate of drug-likeness (QED) is 0.315. The molecule has 0 atom stereocenters. The summed E-state index contributed by atoms with van der Waals surface area (Å²) in [6.45, 7) is 1.56. The monoisotopic (exact) mass is 397 g/mol. The second-order valence-electron chi connectivity index (χ2n) is 6.52. The molecule has 0 aliphatic rings. The number of alkyl halides is 3. The van der Waals surface area contributed by atoms with Gasteiger partial charge in [-0.3, -0.25) is 4.98 Å². The molecule has 0 bridgehead atoms. The Morgan fingerprint density at radius 1 is 1.03 bits per heavy atom. The van der Waals surface area contributed by atoms with Crippen molar-refractivity contribution >= 4 is 12.0 Å². The van der Waals surface area contributed by atoms with Gasteiger partial charge in [0.05, 0.1) is 5.56 Å². The Labute approximate surface area is 166 Å². The van der Waals surface area contributed by atoms with Gasteiger partial charge in [0.2, 0.25) is 0 Å². The molecular weight excluding hydrogens is 379 g/mol. The predicted molar refractivity (Wildman–Crippen MR) is 104 cm³/mol. The standard InChI is InChI=1S/C23H18F3NO2/c1-16(22(28)29-21-6-2-5-20(14-21)23(24,25)26)12-17-7-9-18(10-8-17)13-19-4-3-11-27-15-19/h2-12,14-15H,13H2,1H3/b16-12+. The highest BCUT2D eigenvalue weighted by Gasteiger charge is 2.30. The first-order chi connectivity index (χ1) is 13.8. The van der Waals surface area contributed by atoms with Crippen molar-refractivity contribution in [3.05, 3.63) is 101 Å². The largest absolute Gasteiger partial charge is 0.423 e. The van der Waals surface area contributed by atoms with E-state index in [0.717, 1.165) is 35.2 Å². The van der Waals surface area contributed by atoms with Crippen LogP contribution < -0.4 is 4.74 Å². The Balaban J connectivity index is 1.66. The van der Waals surface area contributed by atoms with Crippen LogP contribution in [0.2, 0.25) is 0 Å². The fourth-order valence-corrected chi connectivity index (χ4v) is 2.70. The third-order valence-electron chi connectivity index (χ3n) is 4.19. The molecule has 2 aromatic carbocycles. The summed E-state index contributed by atoms with van der Waals surface area (Å²) in [7, 11) is 0. The molecule has 3 rings (SSSR count). The van der Waals surface area contributed by atoms with Crippen LogP contribution in [0.3, 0.4) is 0 Å². The number of benzene rings is 2. The third-order valence-corrected chi connectivity index (χ3v) is 4.19. The average molecular weight is 397 g/mol. The Morgan fingerprint density at radius 3 is 2.45 bits per heavy atom. The lowest BCUT2D eigenvalue weighted by molar-refractivity contribution is -0.138. The summed E-state index contributed by atoms with van der Waals surface area (Å²) in [4.78, 5) is 16.3. The number of hydrogen-bond acceptors (Lipinski definition) is 3. The van der Waals surface area contributed by atoms with Gasteiger partial charge in [0.15, 0.2) is 0 Å². The number of halogens is 3. The molecule has 0 aliphatic carbocycles. The van der Waals surface area contributed by atoms with Crippen molar-refractivity contribution in [1.82, 2.24) is 4.98 Å². The van der Waals surface area contributed by atoms with Crippen molar-refractivity contribution in [1.29, 1.82) is 0 Å². The van der Waals surface area contributed by atoms with E-state index in [9.17, 15) is 18.0 Å². The van der Waals surface area contributed by atoms with Gasteiger partial charge in [-0.05, 0) is 60.4 Å². The van der Waals surface area contributed by atoms with Gasteiger partial charge in [0, 0.05) is 18.0 Å². The van der Waals surface area contributed by atoms with E-state index in [1.54, 1.807) is 19.2 Å². The highest BCUT2D eigenvalue weighted by Crippen LogP contribution is 2.31. The summed E-state index contributed by atoms with van der Waals surface area (Å²) in [6, 6.07) is 15.7. The fourth-order valence-electron chi connectivity index (χ4n) is 2.70. The summed E-state index contributed by atoms with van der Waals surface area (Å²) in [5.74, 6) is -0.854. The van der Waals surface area contributed by atoms with Crippen LogP contribution in [-0.2, 0) is 17.4 Å². The van der Waals surface area contributed by atoms with E-state index in [1.807, 2.05) is 42.6 Å². The minimum Gasteiger partial charge on any atom is -0.423 e. The summed E-state index contributed by atoms with van der Waals surface area (Å²) < 4.78 is 43.4. The number of carbonyl (C=O) groups excluding carboxylic acids is 1. The van der Waals surface area contributed by atoms with Crippen molar-refractivity contribution in [2.24, 2.45) is 0 Å². The second kappa shape index (κ2) is 8.73.